The predicted molar refractivity (Wildman–Crippen MR) is 94.2 cm³/mol. The summed E-state index contributed by atoms with van der Waals surface area (Å²) in [5, 5.41) is 11.5. The Morgan fingerprint density at radius 1 is 1.08 bits per heavy atom. The number of alkyl carbamates (subject to hydrolysis) is 1. The fourth-order valence-electron chi connectivity index (χ4n) is 1.83. The first-order valence-electron chi connectivity index (χ1n) is 8.42. The number of aliphatic carboxylic acids is 1. The van der Waals surface area contributed by atoms with Crippen molar-refractivity contribution in [1.82, 2.24) is 5.32 Å². The zero-order chi connectivity index (χ0) is 20.7. The Morgan fingerprint density at radius 3 is 2.00 bits per heavy atom. The number of amides is 1. The van der Waals surface area contributed by atoms with E-state index in [1.165, 1.54) is 6.92 Å². The van der Waals surface area contributed by atoms with Crippen LogP contribution in [0.3, 0.4) is 0 Å². The summed E-state index contributed by atoms with van der Waals surface area (Å²) >= 11 is 0. The lowest BCUT2D eigenvalue weighted by Crippen LogP contribution is -2.38. The van der Waals surface area contributed by atoms with Crippen LogP contribution in [0, 0.1) is 5.92 Å². The molecule has 1 unspecified atom stereocenters. The summed E-state index contributed by atoms with van der Waals surface area (Å²) in [7, 11) is 0. The zero-order valence-electron chi connectivity index (χ0n) is 16.5. The Morgan fingerprint density at radius 2 is 1.58 bits per heavy atom. The van der Waals surface area contributed by atoms with Gasteiger partial charge in [0.1, 0.15) is 17.0 Å². The van der Waals surface area contributed by atoms with Crippen LogP contribution in [0.1, 0.15) is 61.3 Å². The van der Waals surface area contributed by atoms with Crippen LogP contribution in [0.15, 0.2) is 11.9 Å². The summed E-state index contributed by atoms with van der Waals surface area (Å²) in [6.07, 6.45) is -0.202. The van der Waals surface area contributed by atoms with Gasteiger partial charge in [-0.1, -0.05) is 0 Å². The van der Waals surface area contributed by atoms with Gasteiger partial charge in [0.05, 0.1) is 12.0 Å². The highest BCUT2D eigenvalue weighted by Crippen LogP contribution is 2.17. The Kier molecular flexibility index (Phi) is 8.76. The molecule has 0 aliphatic heterocycles. The highest BCUT2D eigenvalue weighted by Gasteiger charge is 2.24. The van der Waals surface area contributed by atoms with Crippen molar-refractivity contribution in [3.8, 4) is 0 Å². The Bertz CT molecular complexity index is 545. The average molecular weight is 375 g/mol. The lowest BCUT2D eigenvalue weighted by Gasteiger charge is -2.22. The smallest absolute Gasteiger partial charge is 0.408 e. The fourth-order valence-corrected chi connectivity index (χ4v) is 1.83. The fraction of sp³-hybridized carbons (Fsp3) is 0.722. The lowest BCUT2D eigenvalue weighted by atomic mass is 10.0. The number of carbonyl (C=O) groups is 3. The number of rotatable bonds is 7. The molecular formula is C18H30FNO6. The molecule has 0 aliphatic rings. The molecule has 0 aliphatic carbocycles. The number of halogens is 1. The second kappa shape index (κ2) is 9.54. The van der Waals surface area contributed by atoms with Crippen molar-refractivity contribution < 1.29 is 33.4 Å². The summed E-state index contributed by atoms with van der Waals surface area (Å²) in [5.74, 6) is -3.87. The first-order chi connectivity index (χ1) is 11.6. The first kappa shape index (κ1) is 23.9. The molecule has 0 spiro atoms. The molecule has 0 aromatic rings. The summed E-state index contributed by atoms with van der Waals surface area (Å²) < 4.78 is 24.3. The van der Waals surface area contributed by atoms with Gasteiger partial charge in [-0.25, -0.2) is 9.18 Å². The quantitative estimate of drug-likeness (QED) is 0.660. The maximum Gasteiger partial charge on any atom is 0.408 e. The molecule has 26 heavy (non-hydrogen) atoms. The third kappa shape index (κ3) is 11.4. The molecular weight excluding hydrogens is 345 g/mol. The van der Waals surface area contributed by atoms with Crippen LogP contribution in [0.4, 0.5) is 9.18 Å². The van der Waals surface area contributed by atoms with Crippen molar-refractivity contribution in [3.63, 3.8) is 0 Å². The minimum Gasteiger partial charge on any atom is -0.481 e. The van der Waals surface area contributed by atoms with Gasteiger partial charge < -0.3 is 19.9 Å². The number of carboxylic acids is 1. The van der Waals surface area contributed by atoms with Crippen molar-refractivity contribution in [3.05, 3.63) is 11.9 Å². The zero-order valence-corrected chi connectivity index (χ0v) is 16.5. The Labute approximate surface area is 153 Å². The number of esters is 1. The highest BCUT2D eigenvalue weighted by atomic mass is 19.1. The molecule has 0 bridgehead atoms. The number of carbonyl (C=O) groups excluding carboxylic acids is 2. The maximum absolute atomic E-state index is 14.2. The van der Waals surface area contributed by atoms with Crippen LogP contribution in [0.2, 0.25) is 0 Å². The monoisotopic (exact) mass is 375 g/mol. The molecule has 0 saturated carbocycles. The van der Waals surface area contributed by atoms with E-state index in [0.29, 0.717) is 0 Å². The third-order valence-corrected chi connectivity index (χ3v) is 2.90. The van der Waals surface area contributed by atoms with E-state index in [9.17, 15) is 23.9 Å². The summed E-state index contributed by atoms with van der Waals surface area (Å²) in [5.41, 5.74) is -1.41. The highest BCUT2D eigenvalue weighted by molar-refractivity contribution is 5.75. The molecule has 150 valence electrons. The number of hydrogen-bond donors (Lipinski definition) is 2. The van der Waals surface area contributed by atoms with Crippen molar-refractivity contribution in [2.75, 3.05) is 0 Å². The summed E-state index contributed by atoms with van der Waals surface area (Å²) in [6.45, 7) is 11.5. The van der Waals surface area contributed by atoms with Crippen LogP contribution >= 0.6 is 0 Å². The van der Waals surface area contributed by atoms with Gasteiger partial charge in [0.2, 0.25) is 0 Å². The normalized spacial score (nSPS) is 15.0. The second-order valence-electron chi connectivity index (χ2n) is 7.99. The van der Waals surface area contributed by atoms with Gasteiger partial charge in [0.15, 0.2) is 0 Å². The van der Waals surface area contributed by atoms with Crippen molar-refractivity contribution in [1.29, 1.82) is 0 Å². The van der Waals surface area contributed by atoms with Crippen LogP contribution in [0.25, 0.3) is 0 Å². The molecule has 0 saturated heterocycles. The van der Waals surface area contributed by atoms with Gasteiger partial charge in [-0.2, -0.15) is 0 Å². The molecule has 2 atom stereocenters. The molecule has 1 amide bonds. The molecule has 0 fully saturated rings. The molecule has 0 aromatic carbocycles. The first-order valence-corrected chi connectivity index (χ1v) is 8.42. The third-order valence-electron chi connectivity index (χ3n) is 2.90. The SMILES string of the molecule is CC(NC(=O)OC(C)(C)C)C(F)=C[C@@H](CCC(=O)OC(C)(C)C)C(=O)O. The number of hydrogen-bond acceptors (Lipinski definition) is 5. The standard InChI is InChI=1S/C18H30FNO6/c1-11(20-16(24)26-18(5,6)7)13(19)10-12(15(22)23)8-9-14(21)25-17(2,3)4/h10-12H,8-9H2,1-7H3,(H,20,24)(H,22,23)/t11?,12-/m1/s1. The predicted octanol–water partition coefficient (Wildman–Crippen LogP) is 3.58. The lowest BCUT2D eigenvalue weighted by molar-refractivity contribution is -0.155. The van der Waals surface area contributed by atoms with E-state index < -0.39 is 47.0 Å². The number of nitrogens with one attached hydrogen (secondary N) is 1. The topological polar surface area (TPSA) is 102 Å². The minimum absolute atomic E-state index is 0.114. The largest absolute Gasteiger partial charge is 0.481 e. The van der Waals surface area contributed by atoms with Crippen molar-refractivity contribution >= 4 is 18.0 Å². The van der Waals surface area contributed by atoms with E-state index >= 15 is 0 Å². The molecule has 7 nitrogen and oxygen atoms in total. The van der Waals surface area contributed by atoms with Gasteiger partial charge >= 0.3 is 18.0 Å². The van der Waals surface area contributed by atoms with E-state index in [0.717, 1.165) is 6.08 Å². The second-order valence-corrected chi connectivity index (χ2v) is 7.99. The van der Waals surface area contributed by atoms with E-state index in [1.54, 1.807) is 41.5 Å². The molecule has 0 aromatic heterocycles. The van der Waals surface area contributed by atoms with Crippen molar-refractivity contribution in [2.45, 2.75) is 78.6 Å². The van der Waals surface area contributed by atoms with Crippen LogP contribution in [-0.2, 0) is 19.1 Å². The van der Waals surface area contributed by atoms with Crippen LogP contribution in [-0.4, -0.2) is 40.4 Å². The summed E-state index contributed by atoms with van der Waals surface area (Å²) in [6, 6.07) is -1.06. The van der Waals surface area contributed by atoms with E-state index in [4.69, 9.17) is 9.47 Å². The number of carboxylic acid groups (broad SMARTS) is 1. The van der Waals surface area contributed by atoms with Gasteiger partial charge in [0, 0.05) is 6.42 Å². The van der Waals surface area contributed by atoms with Gasteiger partial charge in [-0.3, -0.25) is 9.59 Å². The van der Waals surface area contributed by atoms with Crippen molar-refractivity contribution in [2.24, 2.45) is 5.92 Å². The van der Waals surface area contributed by atoms with Crippen LogP contribution in [0.5, 0.6) is 0 Å². The molecule has 8 heteroatoms. The van der Waals surface area contributed by atoms with Gasteiger partial charge in [-0.05, 0) is 61.0 Å². The number of ether oxygens (including phenoxy) is 2. The maximum atomic E-state index is 14.2. The van der Waals surface area contributed by atoms with E-state index in [2.05, 4.69) is 5.32 Å². The van der Waals surface area contributed by atoms with Gasteiger partial charge in [-0.15, -0.1) is 0 Å². The van der Waals surface area contributed by atoms with Gasteiger partial charge in [0.25, 0.3) is 0 Å². The van der Waals surface area contributed by atoms with E-state index in [-0.39, 0.29) is 12.8 Å². The molecule has 0 rings (SSSR count). The minimum atomic E-state index is -1.27. The molecule has 0 radical (unpaired) electrons. The Balaban J connectivity index is 4.81. The molecule has 0 heterocycles. The average Bonchev–Trinajstić information content (AvgIpc) is 2.38. The summed E-state index contributed by atoms with van der Waals surface area (Å²) in [4.78, 5) is 34.6. The molecule has 2 N–H and O–H groups in total. The van der Waals surface area contributed by atoms with E-state index in [1.807, 2.05) is 0 Å². The van der Waals surface area contributed by atoms with Crippen LogP contribution < -0.4 is 5.32 Å². The Hall–Kier alpha value is -2.12.